The number of allylic oxidation sites excluding steroid dienone is 1. The van der Waals surface area contributed by atoms with Gasteiger partial charge in [-0.2, -0.15) is 0 Å². The molecule has 0 radical (unpaired) electrons. The van der Waals surface area contributed by atoms with E-state index in [-0.39, 0.29) is 0 Å². The summed E-state index contributed by atoms with van der Waals surface area (Å²) in [4.78, 5) is 4.72. The Labute approximate surface area is 181 Å². The first kappa shape index (κ1) is 21.9. The van der Waals surface area contributed by atoms with E-state index in [4.69, 9.17) is 21.7 Å². The molecular formula is C23H35N3O2S. The Morgan fingerprint density at radius 3 is 2.62 bits per heavy atom. The third kappa shape index (κ3) is 6.61. The van der Waals surface area contributed by atoms with E-state index in [1.807, 2.05) is 19.9 Å². The van der Waals surface area contributed by atoms with Gasteiger partial charge in [0.1, 0.15) is 0 Å². The summed E-state index contributed by atoms with van der Waals surface area (Å²) in [5.74, 6) is 1.64. The van der Waals surface area contributed by atoms with Crippen molar-refractivity contribution in [1.29, 1.82) is 0 Å². The van der Waals surface area contributed by atoms with Crippen molar-refractivity contribution in [3.8, 4) is 11.5 Å². The highest BCUT2D eigenvalue weighted by Crippen LogP contribution is 2.29. The normalized spacial score (nSPS) is 17.7. The number of hydrogen-bond donors (Lipinski definition) is 1. The minimum Gasteiger partial charge on any atom is -0.490 e. The summed E-state index contributed by atoms with van der Waals surface area (Å²) in [6, 6.07) is 6.24. The van der Waals surface area contributed by atoms with Crippen molar-refractivity contribution < 1.29 is 9.47 Å². The van der Waals surface area contributed by atoms with Crippen LogP contribution in [0.1, 0.15) is 51.5 Å². The van der Waals surface area contributed by atoms with Crippen LogP contribution in [0.5, 0.6) is 11.5 Å². The van der Waals surface area contributed by atoms with E-state index in [0.29, 0.717) is 13.2 Å². The fourth-order valence-corrected chi connectivity index (χ4v) is 4.13. The smallest absolute Gasteiger partial charge is 0.171 e. The lowest BCUT2D eigenvalue weighted by molar-refractivity contribution is 0.155. The van der Waals surface area contributed by atoms with Crippen molar-refractivity contribution in [2.75, 3.05) is 39.6 Å². The maximum Gasteiger partial charge on any atom is 0.171 e. The molecule has 0 bridgehead atoms. The number of benzene rings is 1. The zero-order valence-corrected chi connectivity index (χ0v) is 18.7. The largest absolute Gasteiger partial charge is 0.490 e. The summed E-state index contributed by atoms with van der Waals surface area (Å²) >= 11 is 5.56. The van der Waals surface area contributed by atoms with E-state index in [0.717, 1.165) is 49.5 Å². The van der Waals surface area contributed by atoms with Crippen molar-refractivity contribution in [3.05, 3.63) is 35.4 Å². The highest BCUT2D eigenvalue weighted by Gasteiger charge is 2.20. The molecule has 6 heteroatoms. The molecule has 2 aliphatic rings. The molecule has 1 saturated heterocycles. The molecule has 0 aromatic heterocycles. The van der Waals surface area contributed by atoms with Crippen molar-refractivity contribution in [1.82, 2.24) is 15.1 Å². The van der Waals surface area contributed by atoms with Crippen molar-refractivity contribution >= 4 is 17.3 Å². The van der Waals surface area contributed by atoms with E-state index >= 15 is 0 Å². The van der Waals surface area contributed by atoms with Gasteiger partial charge in [0.25, 0.3) is 0 Å². The Morgan fingerprint density at radius 1 is 1.03 bits per heavy atom. The Bertz CT molecular complexity index is 707. The SMILES string of the molecule is CCOc1ccc(CCN2CN(CCC3=CCCCC3)CNC2=S)cc1OCC. The average molecular weight is 418 g/mol. The first-order valence-corrected chi connectivity index (χ1v) is 11.4. The second-order valence-electron chi connectivity index (χ2n) is 7.69. The van der Waals surface area contributed by atoms with Gasteiger partial charge in [0.05, 0.1) is 26.6 Å². The minimum atomic E-state index is 0.634. The van der Waals surface area contributed by atoms with Gasteiger partial charge in [-0.05, 0) is 82.3 Å². The van der Waals surface area contributed by atoms with E-state index in [2.05, 4.69) is 33.3 Å². The average Bonchev–Trinajstić information content (AvgIpc) is 2.75. The van der Waals surface area contributed by atoms with Crippen molar-refractivity contribution in [2.45, 2.75) is 52.4 Å². The summed E-state index contributed by atoms with van der Waals surface area (Å²) < 4.78 is 11.4. The molecule has 1 aliphatic heterocycles. The zero-order valence-electron chi connectivity index (χ0n) is 17.9. The van der Waals surface area contributed by atoms with Crippen molar-refractivity contribution in [2.24, 2.45) is 0 Å². The van der Waals surface area contributed by atoms with Gasteiger partial charge in [0.15, 0.2) is 16.6 Å². The van der Waals surface area contributed by atoms with Crippen LogP contribution in [0.3, 0.4) is 0 Å². The summed E-state index contributed by atoms with van der Waals surface area (Å²) in [5.41, 5.74) is 2.87. The quantitative estimate of drug-likeness (QED) is 0.451. The Kier molecular flexibility index (Phi) is 8.62. The van der Waals surface area contributed by atoms with Gasteiger partial charge in [0, 0.05) is 13.1 Å². The van der Waals surface area contributed by atoms with E-state index < -0.39 is 0 Å². The van der Waals surface area contributed by atoms with Crippen LogP contribution in [-0.2, 0) is 6.42 Å². The Hall–Kier alpha value is -1.79. The summed E-state index contributed by atoms with van der Waals surface area (Å²) in [6.45, 7) is 8.99. The third-order valence-electron chi connectivity index (χ3n) is 5.52. The van der Waals surface area contributed by atoms with Gasteiger partial charge < -0.3 is 19.7 Å². The number of hydrogen-bond acceptors (Lipinski definition) is 4. The van der Waals surface area contributed by atoms with E-state index in [1.54, 1.807) is 5.57 Å². The molecule has 160 valence electrons. The van der Waals surface area contributed by atoms with Gasteiger partial charge >= 0.3 is 0 Å². The fraction of sp³-hybridized carbons (Fsp3) is 0.609. The number of ether oxygens (including phenoxy) is 2. The lowest BCUT2D eigenvalue weighted by atomic mass is 9.97. The van der Waals surface area contributed by atoms with Crippen LogP contribution >= 0.6 is 12.2 Å². The maximum atomic E-state index is 5.76. The third-order valence-corrected chi connectivity index (χ3v) is 5.93. The van der Waals surface area contributed by atoms with Crippen LogP contribution in [0.4, 0.5) is 0 Å². The molecule has 0 atom stereocenters. The molecule has 0 spiro atoms. The number of nitrogens with one attached hydrogen (secondary N) is 1. The minimum absolute atomic E-state index is 0.634. The second-order valence-corrected chi connectivity index (χ2v) is 8.08. The van der Waals surface area contributed by atoms with Gasteiger partial charge in [-0.25, -0.2) is 0 Å². The van der Waals surface area contributed by atoms with Gasteiger partial charge in [-0.3, -0.25) is 4.90 Å². The zero-order chi connectivity index (χ0) is 20.5. The molecule has 1 N–H and O–H groups in total. The molecule has 0 saturated carbocycles. The van der Waals surface area contributed by atoms with Gasteiger partial charge in [0.2, 0.25) is 0 Å². The number of nitrogens with zero attached hydrogens (tertiary/aromatic N) is 2. The Balaban J connectivity index is 1.52. The van der Waals surface area contributed by atoms with Crippen LogP contribution in [0.25, 0.3) is 0 Å². The van der Waals surface area contributed by atoms with Crippen LogP contribution in [0, 0.1) is 0 Å². The van der Waals surface area contributed by atoms with Crippen LogP contribution in [0.15, 0.2) is 29.8 Å². The molecule has 29 heavy (non-hydrogen) atoms. The van der Waals surface area contributed by atoms with E-state index in [1.165, 1.54) is 37.7 Å². The van der Waals surface area contributed by atoms with Crippen LogP contribution in [0.2, 0.25) is 0 Å². The van der Waals surface area contributed by atoms with E-state index in [9.17, 15) is 0 Å². The van der Waals surface area contributed by atoms with Crippen LogP contribution in [-0.4, -0.2) is 54.6 Å². The molecule has 1 aromatic rings. The molecule has 1 heterocycles. The molecule has 1 fully saturated rings. The van der Waals surface area contributed by atoms with Gasteiger partial charge in [-0.1, -0.05) is 17.7 Å². The lowest BCUT2D eigenvalue weighted by Crippen LogP contribution is -2.56. The first-order chi connectivity index (χ1) is 14.2. The Morgan fingerprint density at radius 2 is 1.86 bits per heavy atom. The molecule has 5 nitrogen and oxygen atoms in total. The topological polar surface area (TPSA) is 37.0 Å². The standard InChI is InChI=1S/C23H35N3O2S/c1-3-27-21-11-10-20(16-22(21)28-4-2)13-15-26-18-25(17-24-23(26)29)14-12-19-8-6-5-7-9-19/h8,10-11,16H,3-7,9,12-15,17-18H2,1-2H3,(H,24,29). The van der Waals surface area contributed by atoms with Crippen molar-refractivity contribution in [3.63, 3.8) is 0 Å². The fourth-order valence-electron chi connectivity index (χ4n) is 3.92. The highest BCUT2D eigenvalue weighted by molar-refractivity contribution is 7.80. The molecule has 3 rings (SSSR count). The van der Waals surface area contributed by atoms with Crippen LogP contribution < -0.4 is 14.8 Å². The second kappa shape index (κ2) is 11.4. The predicted octanol–water partition coefficient (Wildman–Crippen LogP) is 4.32. The number of rotatable bonds is 10. The summed E-state index contributed by atoms with van der Waals surface area (Å²) in [7, 11) is 0. The maximum absolute atomic E-state index is 5.76. The lowest BCUT2D eigenvalue weighted by Gasteiger charge is -2.38. The summed E-state index contributed by atoms with van der Waals surface area (Å²) in [5, 5.41) is 4.24. The molecule has 1 aromatic carbocycles. The summed E-state index contributed by atoms with van der Waals surface area (Å²) in [6.07, 6.45) is 9.80. The molecular weight excluding hydrogens is 382 g/mol. The molecule has 0 unspecified atom stereocenters. The predicted molar refractivity (Wildman–Crippen MR) is 123 cm³/mol. The first-order valence-electron chi connectivity index (χ1n) is 11.0. The monoisotopic (exact) mass is 417 g/mol. The van der Waals surface area contributed by atoms with Gasteiger partial charge in [-0.15, -0.1) is 0 Å². The molecule has 1 aliphatic carbocycles. The highest BCUT2D eigenvalue weighted by atomic mass is 32.1. The molecule has 0 amide bonds. The number of thiocarbonyl (C=S) groups is 1.